The lowest BCUT2D eigenvalue weighted by molar-refractivity contribution is 0.0425. The molecule has 2 fully saturated rings. The van der Waals surface area contributed by atoms with E-state index in [9.17, 15) is 9.59 Å². The normalized spacial score (nSPS) is 19.2. The number of amides is 2. The van der Waals surface area contributed by atoms with Gasteiger partial charge in [0.05, 0.1) is 26.6 Å². The number of hydrogen-bond acceptors (Lipinski definition) is 8. The van der Waals surface area contributed by atoms with Gasteiger partial charge < -0.3 is 34.2 Å². The Morgan fingerprint density at radius 3 is 2.54 bits per heavy atom. The molecule has 12 heteroatoms. The van der Waals surface area contributed by atoms with E-state index in [2.05, 4.69) is 5.10 Å². The number of amidine groups is 1. The molecule has 0 bridgehead atoms. The van der Waals surface area contributed by atoms with Crippen LogP contribution >= 0.6 is 0 Å². The molecule has 2 aromatic heterocycles. The number of morpholine rings is 1. The topological polar surface area (TPSA) is 149 Å². The van der Waals surface area contributed by atoms with Crippen molar-refractivity contribution < 1.29 is 28.2 Å². The maximum absolute atomic E-state index is 13.4. The Balaban J connectivity index is 1.44. The minimum atomic E-state index is -0.502. The van der Waals surface area contributed by atoms with Gasteiger partial charge in [-0.25, -0.2) is 4.79 Å². The van der Waals surface area contributed by atoms with Gasteiger partial charge in [0.2, 0.25) is 5.75 Å². The van der Waals surface area contributed by atoms with Crippen LogP contribution in [0.15, 0.2) is 47.1 Å². The molecule has 3 aromatic rings. The van der Waals surface area contributed by atoms with Gasteiger partial charge in [-0.15, -0.1) is 0 Å². The molecule has 2 aliphatic rings. The highest BCUT2D eigenvalue weighted by Crippen LogP contribution is 2.43. The van der Waals surface area contributed by atoms with Crippen molar-refractivity contribution in [3.63, 3.8) is 0 Å². The van der Waals surface area contributed by atoms with Gasteiger partial charge in [-0.05, 0) is 31.0 Å². The number of urea groups is 1. The van der Waals surface area contributed by atoms with Gasteiger partial charge >= 0.3 is 11.9 Å². The largest absolute Gasteiger partial charge is 0.490 e. The number of ether oxygens (including phenoxy) is 3. The molecule has 12 nitrogen and oxygen atoms in total. The summed E-state index contributed by atoms with van der Waals surface area (Å²) >= 11 is 0. The lowest BCUT2D eigenvalue weighted by atomic mass is 9.97. The number of likely N-dealkylation sites (tertiary alicyclic amines) is 1. The molecule has 0 spiro atoms. The quantitative estimate of drug-likeness (QED) is 0.346. The number of benzene rings is 1. The zero-order valence-electron chi connectivity index (χ0n) is 22.0. The summed E-state index contributed by atoms with van der Waals surface area (Å²) in [6.45, 7) is 4.85. The number of furan rings is 1. The Bertz CT molecular complexity index is 1330. The van der Waals surface area contributed by atoms with Crippen LogP contribution < -0.4 is 15.2 Å². The summed E-state index contributed by atoms with van der Waals surface area (Å²) in [5, 5.41) is 12.2. The summed E-state index contributed by atoms with van der Waals surface area (Å²) in [5.74, 6) is -0.109. The van der Waals surface area contributed by atoms with E-state index in [4.69, 9.17) is 29.8 Å². The number of hydrogen-bond donors (Lipinski definition) is 2. The van der Waals surface area contributed by atoms with Gasteiger partial charge in [0.25, 0.3) is 5.88 Å². The SMILES string of the molecule is COc1c(C2CCN(C(=O)N3CCOCC3)C2C)nn(C(=O)c2ccco2)c1OCc1ccc(C(=N)N)cc1. The molecule has 3 N–H and O–H groups in total. The summed E-state index contributed by atoms with van der Waals surface area (Å²) in [7, 11) is 1.51. The molecule has 5 rings (SSSR count). The first-order valence-corrected chi connectivity index (χ1v) is 12.8. The Labute approximate surface area is 225 Å². The average Bonchev–Trinajstić information content (AvgIpc) is 3.70. The molecule has 2 amide bonds. The van der Waals surface area contributed by atoms with Crippen molar-refractivity contribution in [1.82, 2.24) is 19.6 Å². The molecule has 206 valence electrons. The fourth-order valence-corrected chi connectivity index (χ4v) is 5.05. The van der Waals surface area contributed by atoms with Gasteiger partial charge in [0, 0.05) is 37.2 Å². The Hall–Kier alpha value is -4.32. The van der Waals surface area contributed by atoms with Gasteiger partial charge in [-0.1, -0.05) is 24.3 Å². The third-order valence-electron chi connectivity index (χ3n) is 7.23. The number of nitrogens with zero attached hydrogens (tertiary/aromatic N) is 4. The maximum atomic E-state index is 13.4. The fourth-order valence-electron chi connectivity index (χ4n) is 5.05. The molecular formula is C27H32N6O6. The van der Waals surface area contributed by atoms with Crippen LogP contribution in [0.1, 0.15) is 46.6 Å². The van der Waals surface area contributed by atoms with Crippen LogP contribution in [0.4, 0.5) is 4.79 Å². The van der Waals surface area contributed by atoms with E-state index in [-0.39, 0.29) is 42.1 Å². The molecule has 39 heavy (non-hydrogen) atoms. The first kappa shape index (κ1) is 26.3. The van der Waals surface area contributed by atoms with Crippen molar-refractivity contribution >= 4 is 17.8 Å². The minimum absolute atomic E-state index is 0.0242. The van der Waals surface area contributed by atoms with Gasteiger partial charge in [-0.3, -0.25) is 10.2 Å². The van der Waals surface area contributed by atoms with Crippen LogP contribution in [0.2, 0.25) is 0 Å². The third-order valence-corrected chi connectivity index (χ3v) is 7.23. The van der Waals surface area contributed by atoms with E-state index >= 15 is 0 Å². The van der Waals surface area contributed by atoms with Crippen LogP contribution in [-0.2, 0) is 11.3 Å². The predicted octanol–water partition coefficient (Wildman–Crippen LogP) is 2.67. The highest BCUT2D eigenvalue weighted by atomic mass is 16.5. The van der Waals surface area contributed by atoms with E-state index in [0.717, 1.165) is 10.2 Å². The molecular weight excluding hydrogens is 504 g/mol. The highest BCUT2D eigenvalue weighted by Gasteiger charge is 2.41. The monoisotopic (exact) mass is 536 g/mol. The fraction of sp³-hybridized carbons (Fsp3) is 0.407. The first-order valence-electron chi connectivity index (χ1n) is 12.8. The van der Waals surface area contributed by atoms with Crippen molar-refractivity contribution in [3.8, 4) is 11.6 Å². The smallest absolute Gasteiger partial charge is 0.320 e. The van der Waals surface area contributed by atoms with Crippen LogP contribution in [0.5, 0.6) is 11.6 Å². The molecule has 2 unspecified atom stereocenters. The van der Waals surface area contributed by atoms with Gasteiger partial charge in [0.1, 0.15) is 18.1 Å². The van der Waals surface area contributed by atoms with Crippen molar-refractivity contribution in [2.24, 2.45) is 5.73 Å². The number of nitrogens with two attached hydrogens (primary N) is 1. The zero-order valence-corrected chi connectivity index (χ0v) is 22.0. The van der Waals surface area contributed by atoms with Gasteiger partial charge in [0.15, 0.2) is 5.76 Å². The molecule has 0 radical (unpaired) electrons. The summed E-state index contributed by atoms with van der Waals surface area (Å²) in [4.78, 5) is 30.3. The molecule has 1 aromatic carbocycles. The van der Waals surface area contributed by atoms with Crippen LogP contribution in [0.3, 0.4) is 0 Å². The highest BCUT2D eigenvalue weighted by molar-refractivity contribution is 5.95. The standard InChI is InChI=1S/C27H32N6O6/c1-17-20(9-10-32(17)27(35)31-11-14-37-15-12-31)22-23(36-2)26(33(30-22)25(34)21-4-3-13-38-21)39-16-18-5-7-19(8-6-18)24(28)29/h3-8,13,17,20H,9-12,14-16H2,1-2H3,(H3,28,29). The third kappa shape index (κ3) is 5.19. The number of aromatic nitrogens is 2. The maximum Gasteiger partial charge on any atom is 0.320 e. The van der Waals surface area contributed by atoms with Crippen molar-refractivity contribution in [1.29, 1.82) is 5.41 Å². The zero-order chi connectivity index (χ0) is 27.5. The van der Waals surface area contributed by atoms with E-state index in [1.54, 1.807) is 36.4 Å². The molecule has 2 atom stereocenters. The number of nitrogens with one attached hydrogen (secondary N) is 1. The van der Waals surface area contributed by atoms with E-state index in [0.29, 0.717) is 56.3 Å². The van der Waals surface area contributed by atoms with Gasteiger partial charge in [-0.2, -0.15) is 9.78 Å². The van der Waals surface area contributed by atoms with Crippen molar-refractivity contribution in [2.75, 3.05) is 40.0 Å². The van der Waals surface area contributed by atoms with Crippen molar-refractivity contribution in [2.45, 2.75) is 31.9 Å². The predicted molar refractivity (Wildman–Crippen MR) is 140 cm³/mol. The van der Waals surface area contributed by atoms with Crippen LogP contribution in [-0.4, -0.2) is 83.4 Å². The molecule has 4 heterocycles. The number of carbonyl (C=O) groups excluding carboxylic acids is 2. The van der Waals surface area contributed by atoms with Crippen LogP contribution in [0, 0.1) is 5.41 Å². The number of nitrogen functional groups attached to an aromatic ring is 1. The number of methoxy groups -OCH3 is 1. The minimum Gasteiger partial charge on any atom is -0.490 e. The molecule has 2 aliphatic heterocycles. The number of carbonyl (C=O) groups is 2. The average molecular weight is 537 g/mol. The lowest BCUT2D eigenvalue weighted by Crippen LogP contribution is -2.49. The van der Waals surface area contributed by atoms with Crippen LogP contribution in [0.25, 0.3) is 0 Å². The lowest BCUT2D eigenvalue weighted by Gasteiger charge is -2.33. The number of rotatable bonds is 7. The van der Waals surface area contributed by atoms with Crippen molar-refractivity contribution in [3.05, 3.63) is 65.2 Å². The second-order valence-corrected chi connectivity index (χ2v) is 9.53. The Morgan fingerprint density at radius 1 is 1.15 bits per heavy atom. The second kappa shape index (κ2) is 11.2. The summed E-state index contributed by atoms with van der Waals surface area (Å²) in [6.07, 6.45) is 2.08. The molecule has 0 aliphatic carbocycles. The summed E-state index contributed by atoms with van der Waals surface area (Å²) in [6, 6.07) is 10.0. The first-order chi connectivity index (χ1) is 18.9. The van der Waals surface area contributed by atoms with E-state index < -0.39 is 5.91 Å². The Morgan fingerprint density at radius 2 is 1.90 bits per heavy atom. The molecule has 2 saturated heterocycles. The Kier molecular flexibility index (Phi) is 7.55. The van der Waals surface area contributed by atoms with E-state index in [1.165, 1.54) is 13.4 Å². The van der Waals surface area contributed by atoms with E-state index in [1.807, 2.05) is 16.7 Å². The summed E-state index contributed by atoms with van der Waals surface area (Å²) < 4.78 is 23.8. The molecule has 0 saturated carbocycles. The summed E-state index contributed by atoms with van der Waals surface area (Å²) in [5.41, 5.74) is 7.51. The second-order valence-electron chi connectivity index (χ2n) is 9.53.